The number of benzene rings is 1. The van der Waals surface area contributed by atoms with Crippen LogP contribution in [-0.4, -0.2) is 15.5 Å². The fourth-order valence-electron chi connectivity index (χ4n) is 3.15. The van der Waals surface area contributed by atoms with Gasteiger partial charge in [-0.05, 0) is 48.1 Å². The number of rotatable bonds is 2. The van der Waals surface area contributed by atoms with Gasteiger partial charge >= 0.3 is 10.5 Å². The van der Waals surface area contributed by atoms with Crippen molar-refractivity contribution in [2.45, 2.75) is 40.0 Å². The molecule has 3 radical (unpaired) electrons. The van der Waals surface area contributed by atoms with Crippen LogP contribution in [0.4, 0.5) is 0 Å². The molecule has 0 saturated carbocycles. The van der Waals surface area contributed by atoms with Crippen LogP contribution in [0.1, 0.15) is 37.5 Å². The van der Waals surface area contributed by atoms with Crippen LogP contribution >= 0.6 is 0 Å². The van der Waals surface area contributed by atoms with E-state index in [2.05, 4.69) is 56.2 Å². The zero-order valence-electron chi connectivity index (χ0n) is 14.2. The lowest BCUT2D eigenvalue weighted by molar-refractivity contribution is 0.432. The van der Waals surface area contributed by atoms with Gasteiger partial charge in [0.05, 0.1) is 5.56 Å². The molecule has 1 aromatic carbocycles. The normalized spacial score (nSPS) is 11.9. The molecule has 0 aliphatic heterocycles. The molecule has 4 heteroatoms. The molecule has 3 aromatic rings. The van der Waals surface area contributed by atoms with E-state index in [0.29, 0.717) is 5.95 Å². The summed E-state index contributed by atoms with van der Waals surface area (Å²) in [6, 6.07) is 6.06. The second-order valence-corrected chi connectivity index (χ2v) is 7.11. The van der Waals surface area contributed by atoms with Gasteiger partial charge in [-0.15, -0.1) is 0 Å². The smallest absolute Gasteiger partial charge is 0.345 e. The van der Waals surface area contributed by atoms with Crippen LogP contribution in [0.15, 0.2) is 35.0 Å². The van der Waals surface area contributed by atoms with Gasteiger partial charge in [0.2, 0.25) is 0 Å². The molecule has 0 atom stereocenters. The number of furan rings is 1. The van der Waals surface area contributed by atoms with Crippen molar-refractivity contribution in [1.82, 2.24) is 4.98 Å². The molecule has 0 unspecified atom stereocenters. The molecule has 2 aromatic heterocycles. The van der Waals surface area contributed by atoms with E-state index in [1.165, 1.54) is 16.7 Å². The Morgan fingerprint density at radius 1 is 1.17 bits per heavy atom. The Hall–Kier alpha value is -2.07. The van der Waals surface area contributed by atoms with Crippen LogP contribution in [0.5, 0.6) is 5.95 Å². The standard InChI is InChI=1S/C19H20NO2Si/c1-11-12(2)16-15(9-14(11)19(3,4)5)21-18(22-23)17(16)13-7-6-8-20-10-13/h6-10H,1-5H3. The second kappa shape index (κ2) is 5.53. The number of hydrogen-bond donors (Lipinski definition) is 0. The molecule has 0 fully saturated rings. The van der Waals surface area contributed by atoms with Crippen molar-refractivity contribution in [2.24, 2.45) is 0 Å². The Bertz CT molecular complexity index is 861. The molecule has 117 valence electrons. The maximum absolute atomic E-state index is 5.98. The van der Waals surface area contributed by atoms with E-state index < -0.39 is 0 Å². The average molecular weight is 322 g/mol. The van der Waals surface area contributed by atoms with Gasteiger partial charge in [0.25, 0.3) is 5.95 Å². The Balaban J connectivity index is 2.40. The fourth-order valence-corrected chi connectivity index (χ4v) is 3.30. The van der Waals surface area contributed by atoms with Gasteiger partial charge in [-0.1, -0.05) is 26.8 Å². The van der Waals surface area contributed by atoms with Gasteiger partial charge in [0.15, 0.2) is 0 Å². The van der Waals surface area contributed by atoms with E-state index in [1.807, 2.05) is 18.3 Å². The predicted octanol–water partition coefficient (Wildman–Crippen LogP) is 4.87. The molecule has 0 aliphatic rings. The monoisotopic (exact) mass is 322 g/mol. The van der Waals surface area contributed by atoms with E-state index in [0.717, 1.165) is 22.1 Å². The molecule has 3 rings (SSSR count). The molecule has 2 heterocycles. The summed E-state index contributed by atoms with van der Waals surface area (Å²) < 4.78 is 11.3. The molecule has 0 amide bonds. The van der Waals surface area contributed by atoms with Crippen LogP contribution in [-0.2, 0) is 5.41 Å². The number of aryl methyl sites for hydroxylation is 1. The van der Waals surface area contributed by atoms with Crippen molar-refractivity contribution < 1.29 is 8.84 Å². The fraction of sp³-hybridized carbons (Fsp3) is 0.316. The van der Waals surface area contributed by atoms with Gasteiger partial charge < -0.3 is 8.84 Å². The summed E-state index contributed by atoms with van der Waals surface area (Å²) in [6.07, 6.45) is 3.58. The molecule has 23 heavy (non-hydrogen) atoms. The van der Waals surface area contributed by atoms with E-state index in [9.17, 15) is 0 Å². The van der Waals surface area contributed by atoms with Gasteiger partial charge in [0.1, 0.15) is 5.58 Å². The molecule has 0 spiro atoms. The first-order valence-electron chi connectivity index (χ1n) is 7.65. The van der Waals surface area contributed by atoms with Gasteiger partial charge in [-0.25, -0.2) is 0 Å². The highest BCUT2D eigenvalue weighted by molar-refractivity contribution is 6.04. The quantitative estimate of drug-likeness (QED) is 0.631. The molecule has 3 nitrogen and oxygen atoms in total. The first kappa shape index (κ1) is 15.8. The van der Waals surface area contributed by atoms with Crippen molar-refractivity contribution in [1.29, 1.82) is 0 Å². The summed E-state index contributed by atoms with van der Waals surface area (Å²) >= 11 is 0. The minimum Gasteiger partial charge on any atom is -0.515 e. The van der Waals surface area contributed by atoms with Crippen LogP contribution in [0.3, 0.4) is 0 Å². The Morgan fingerprint density at radius 3 is 2.48 bits per heavy atom. The highest BCUT2D eigenvalue weighted by Crippen LogP contribution is 2.44. The van der Waals surface area contributed by atoms with E-state index in [1.54, 1.807) is 6.20 Å². The Morgan fingerprint density at radius 2 is 1.91 bits per heavy atom. The number of hydrogen-bond acceptors (Lipinski definition) is 3. The second-order valence-electron chi connectivity index (χ2n) is 6.91. The Labute approximate surface area is 140 Å². The summed E-state index contributed by atoms with van der Waals surface area (Å²) in [5, 5.41) is 1.08. The zero-order chi connectivity index (χ0) is 16.8. The van der Waals surface area contributed by atoms with Gasteiger partial charge in [-0.2, -0.15) is 0 Å². The summed E-state index contributed by atoms with van der Waals surface area (Å²) in [4.78, 5) is 4.22. The lowest BCUT2D eigenvalue weighted by atomic mass is 9.81. The third-order valence-electron chi connectivity index (χ3n) is 4.37. The van der Waals surface area contributed by atoms with Crippen molar-refractivity contribution in [2.75, 3.05) is 0 Å². The zero-order valence-corrected chi connectivity index (χ0v) is 15.2. The van der Waals surface area contributed by atoms with E-state index in [-0.39, 0.29) is 5.41 Å². The van der Waals surface area contributed by atoms with Crippen LogP contribution < -0.4 is 4.43 Å². The topological polar surface area (TPSA) is 35.3 Å². The van der Waals surface area contributed by atoms with E-state index >= 15 is 0 Å². The highest BCUT2D eigenvalue weighted by atomic mass is 28.2. The number of aromatic nitrogens is 1. The molecular weight excluding hydrogens is 302 g/mol. The number of nitrogens with zero attached hydrogens (tertiary/aromatic N) is 1. The Kier molecular flexibility index (Phi) is 3.80. The van der Waals surface area contributed by atoms with Crippen LogP contribution in [0, 0.1) is 13.8 Å². The maximum Gasteiger partial charge on any atom is 0.345 e. The molecule has 0 aliphatic carbocycles. The SMILES string of the molecule is Cc1c(C(C)(C)C)cc2oc(O[Si])c(-c3cccnc3)c2c1C. The molecule has 0 bridgehead atoms. The van der Waals surface area contributed by atoms with Crippen LogP contribution in [0.25, 0.3) is 22.1 Å². The first-order chi connectivity index (χ1) is 10.8. The van der Waals surface area contributed by atoms with Crippen molar-refractivity contribution in [3.8, 4) is 17.1 Å². The van der Waals surface area contributed by atoms with Crippen molar-refractivity contribution in [3.05, 3.63) is 47.3 Å². The predicted molar refractivity (Wildman–Crippen MR) is 94.0 cm³/mol. The number of fused-ring (bicyclic) bond motifs is 1. The summed E-state index contributed by atoms with van der Waals surface area (Å²) in [7, 11) is 3.12. The van der Waals surface area contributed by atoms with Gasteiger partial charge in [-0.3, -0.25) is 4.98 Å². The minimum atomic E-state index is 0.0548. The summed E-state index contributed by atoms with van der Waals surface area (Å²) in [5.74, 6) is 0.457. The first-order valence-corrected chi connectivity index (χ1v) is 8.06. The minimum absolute atomic E-state index is 0.0548. The lowest BCUT2D eigenvalue weighted by Crippen LogP contribution is -2.13. The third-order valence-corrected chi connectivity index (χ3v) is 4.56. The summed E-state index contributed by atoms with van der Waals surface area (Å²) in [5.41, 5.74) is 6.59. The van der Waals surface area contributed by atoms with E-state index in [4.69, 9.17) is 8.84 Å². The molecular formula is C19H20NO2Si. The van der Waals surface area contributed by atoms with Crippen molar-refractivity contribution in [3.63, 3.8) is 0 Å². The third kappa shape index (κ3) is 2.57. The van der Waals surface area contributed by atoms with Crippen LogP contribution in [0.2, 0.25) is 0 Å². The summed E-state index contributed by atoms with van der Waals surface area (Å²) in [6.45, 7) is 11.0. The lowest BCUT2D eigenvalue weighted by Gasteiger charge is -2.23. The molecule has 0 N–H and O–H groups in total. The average Bonchev–Trinajstić information content (AvgIpc) is 2.89. The van der Waals surface area contributed by atoms with Gasteiger partial charge in [0, 0.05) is 23.3 Å². The maximum atomic E-state index is 5.98. The largest absolute Gasteiger partial charge is 0.515 e. The highest BCUT2D eigenvalue weighted by Gasteiger charge is 2.24. The van der Waals surface area contributed by atoms with Crippen molar-refractivity contribution >= 4 is 21.5 Å². The number of pyridine rings is 1. The molecule has 0 saturated heterocycles.